The van der Waals surface area contributed by atoms with Gasteiger partial charge in [0.2, 0.25) is 0 Å². The molecule has 63 heavy (non-hydrogen) atoms. The highest BCUT2D eigenvalue weighted by molar-refractivity contribution is 5.88. The number of hydrogen-bond acceptors (Lipinski definition) is 16. The van der Waals surface area contributed by atoms with Crippen LogP contribution < -0.4 is 4.74 Å². The van der Waals surface area contributed by atoms with Gasteiger partial charge < -0.3 is 68.1 Å². The number of likely N-dealkylation sites (N-methyl/N-ethyl adjacent to an activating group) is 1. The zero-order chi connectivity index (χ0) is 47.0. The fraction of sp³-hybridized carbons (Fsp3) is 0.830. The third kappa shape index (κ3) is 12.7. The molecule has 0 bridgehead atoms. The summed E-state index contributed by atoms with van der Waals surface area (Å²) in [5.41, 5.74) is -3.74. The van der Waals surface area contributed by atoms with Crippen LogP contribution in [0, 0.1) is 23.7 Å². The minimum Gasteiger partial charge on any atom is -0.493 e. The summed E-state index contributed by atoms with van der Waals surface area (Å²) < 4.78 is 50.7. The van der Waals surface area contributed by atoms with E-state index in [0.717, 1.165) is 5.75 Å². The van der Waals surface area contributed by atoms with E-state index in [2.05, 4.69) is 5.16 Å². The molecule has 4 rings (SSSR count). The summed E-state index contributed by atoms with van der Waals surface area (Å²) in [5, 5.41) is 51.7. The van der Waals surface area contributed by atoms with E-state index in [1.807, 2.05) is 77.0 Å². The van der Waals surface area contributed by atoms with Gasteiger partial charge in [-0.25, -0.2) is 0 Å². The molecule has 0 saturated carbocycles. The van der Waals surface area contributed by atoms with Crippen molar-refractivity contribution >= 4 is 11.7 Å². The molecule has 362 valence electrons. The molecule has 4 N–H and O–H groups in total. The number of aliphatic hydroxyl groups is 4. The number of methoxy groups -OCH3 is 2. The SMILES string of the molecule is CC[C@@H]1OC(=O)[C@H](C)[C@@H](OC2C[C@@](C)(OC)[C@@H](O)[C@H](C)O2)[C@H](C)[C@@H](O[C@@H]2O[C@H](C)C[C@H](N(C)C)[C@H]2O)C(C)(OC)C[C@@H](C)/C(=N\OCCCOc2ccccc2)[C@@H](C)[C@@H](O)[C@]1(C)O. The van der Waals surface area contributed by atoms with E-state index < -0.39 is 102 Å². The molecule has 18 atom stereocenters. The first-order valence-corrected chi connectivity index (χ1v) is 22.8. The van der Waals surface area contributed by atoms with Crippen LogP contribution in [0.5, 0.6) is 5.75 Å². The molecule has 0 aromatic heterocycles. The van der Waals surface area contributed by atoms with Crippen LogP contribution in [0.15, 0.2) is 35.5 Å². The summed E-state index contributed by atoms with van der Waals surface area (Å²) in [6.45, 7) is 18.4. The van der Waals surface area contributed by atoms with E-state index in [9.17, 15) is 25.2 Å². The standard InChI is InChI=1S/C47H80N2O14/c1-15-35-47(10,54)40(51)29(4)37(48-58-23-19-22-57-33-20-17-16-18-21-33)27(2)25-46(9,56-14)42(63-44-38(50)34(49(11)12)24-28(3)59-44)30(5)39(31(6)43(53)61-35)62-36-26-45(8,55-13)41(52)32(7)60-36/h16-18,20-21,27-32,34-36,38-42,44,50-52,54H,15,19,22-26H2,1-14H3/b48-37+/t27-,28-,29-,30+,31-,32+,34+,35+,36?,38-,39+,40-,41+,42-,44+,45-,46?,47-/m1/s1. The number of carbonyl (C=O) groups excluding carboxylic acids is 1. The normalized spacial score (nSPS) is 43.0. The van der Waals surface area contributed by atoms with Gasteiger partial charge in [0.1, 0.15) is 36.3 Å². The number of esters is 1. The van der Waals surface area contributed by atoms with Gasteiger partial charge >= 0.3 is 5.97 Å². The molecular formula is C47H80N2O14. The summed E-state index contributed by atoms with van der Waals surface area (Å²) in [6.07, 6.45) is -7.91. The van der Waals surface area contributed by atoms with E-state index in [4.69, 9.17) is 42.7 Å². The van der Waals surface area contributed by atoms with E-state index in [-0.39, 0.29) is 38.0 Å². The third-order valence-electron chi connectivity index (χ3n) is 13.9. The molecule has 3 heterocycles. The van der Waals surface area contributed by atoms with Crippen molar-refractivity contribution in [1.29, 1.82) is 0 Å². The van der Waals surface area contributed by atoms with Gasteiger partial charge in [-0.15, -0.1) is 0 Å². The summed E-state index contributed by atoms with van der Waals surface area (Å²) in [4.78, 5) is 22.4. The van der Waals surface area contributed by atoms with Crippen LogP contribution in [0.25, 0.3) is 0 Å². The van der Waals surface area contributed by atoms with Gasteiger partial charge in [-0.3, -0.25) is 4.79 Å². The van der Waals surface area contributed by atoms with Crippen LogP contribution >= 0.6 is 0 Å². The van der Waals surface area contributed by atoms with E-state index in [1.165, 1.54) is 14.0 Å². The zero-order valence-corrected chi connectivity index (χ0v) is 40.3. The number of carbonyl (C=O) groups is 1. The molecule has 0 spiro atoms. The van der Waals surface area contributed by atoms with Crippen molar-refractivity contribution in [3.8, 4) is 5.75 Å². The molecule has 0 radical (unpaired) electrons. The first-order chi connectivity index (χ1) is 29.5. The number of ether oxygens (including phenoxy) is 8. The molecule has 16 heteroatoms. The lowest BCUT2D eigenvalue weighted by atomic mass is 9.73. The van der Waals surface area contributed by atoms with Crippen LogP contribution in [0.2, 0.25) is 0 Å². The van der Waals surface area contributed by atoms with Crippen LogP contribution in [0.3, 0.4) is 0 Å². The highest BCUT2D eigenvalue weighted by Gasteiger charge is 2.54. The van der Waals surface area contributed by atoms with E-state index >= 15 is 0 Å². The number of oxime groups is 1. The van der Waals surface area contributed by atoms with Crippen molar-refractivity contribution in [1.82, 2.24) is 4.90 Å². The Bertz CT molecular complexity index is 1590. The average molecular weight is 897 g/mol. The van der Waals surface area contributed by atoms with Gasteiger partial charge in [0.25, 0.3) is 0 Å². The van der Waals surface area contributed by atoms with E-state index in [1.54, 1.807) is 41.7 Å². The van der Waals surface area contributed by atoms with Gasteiger partial charge in [0, 0.05) is 50.9 Å². The molecule has 1 aromatic rings. The van der Waals surface area contributed by atoms with E-state index in [0.29, 0.717) is 25.2 Å². The first-order valence-electron chi connectivity index (χ1n) is 22.8. The zero-order valence-electron chi connectivity index (χ0n) is 40.3. The summed E-state index contributed by atoms with van der Waals surface area (Å²) in [5.74, 6) is -2.92. The lowest BCUT2D eigenvalue weighted by molar-refractivity contribution is -0.319. The Hall–Kier alpha value is -2.48. The first kappa shape index (κ1) is 53.1. The van der Waals surface area contributed by atoms with Crippen LogP contribution in [0.1, 0.15) is 101 Å². The lowest BCUT2D eigenvalue weighted by Gasteiger charge is -2.50. The Balaban J connectivity index is 1.83. The number of nitrogens with zero attached hydrogens (tertiary/aromatic N) is 2. The van der Waals surface area contributed by atoms with Crippen molar-refractivity contribution in [3.05, 3.63) is 30.3 Å². The number of rotatable bonds is 14. The molecule has 3 aliphatic heterocycles. The van der Waals surface area contributed by atoms with Gasteiger partial charge in [0.05, 0.1) is 60.0 Å². The smallest absolute Gasteiger partial charge is 0.311 e. The number of para-hydroxylation sites is 1. The molecular weight excluding hydrogens is 817 g/mol. The Morgan fingerprint density at radius 2 is 1.51 bits per heavy atom. The number of aliphatic hydroxyl groups excluding tert-OH is 3. The second-order valence-corrected chi connectivity index (χ2v) is 19.1. The molecule has 3 saturated heterocycles. The largest absolute Gasteiger partial charge is 0.493 e. The maximum Gasteiger partial charge on any atom is 0.311 e. The highest BCUT2D eigenvalue weighted by atomic mass is 16.7. The monoisotopic (exact) mass is 897 g/mol. The average Bonchev–Trinajstić information content (AvgIpc) is 3.24. The predicted molar refractivity (Wildman–Crippen MR) is 236 cm³/mol. The second-order valence-electron chi connectivity index (χ2n) is 19.1. The minimum atomic E-state index is -1.93. The summed E-state index contributed by atoms with van der Waals surface area (Å²) in [7, 11) is 6.89. The molecule has 16 nitrogen and oxygen atoms in total. The van der Waals surface area contributed by atoms with Crippen LogP contribution in [0.4, 0.5) is 0 Å². The summed E-state index contributed by atoms with van der Waals surface area (Å²) >= 11 is 0. The maximum absolute atomic E-state index is 14.5. The number of cyclic esters (lactones) is 1. The van der Waals surface area contributed by atoms with Crippen molar-refractivity contribution < 1.29 is 68.0 Å². The second kappa shape index (κ2) is 22.8. The van der Waals surface area contributed by atoms with Crippen LogP contribution in [-0.2, 0) is 42.8 Å². The Labute approximate surface area is 375 Å². The molecule has 3 fully saturated rings. The molecule has 0 amide bonds. The molecule has 0 aliphatic carbocycles. The summed E-state index contributed by atoms with van der Waals surface area (Å²) in [6, 6.07) is 9.18. The minimum absolute atomic E-state index is 0.130. The predicted octanol–water partition coefficient (Wildman–Crippen LogP) is 4.71. The molecule has 3 aliphatic rings. The van der Waals surface area contributed by atoms with Gasteiger partial charge in [-0.2, -0.15) is 0 Å². The topological polar surface area (TPSA) is 197 Å². The van der Waals surface area contributed by atoms with Crippen molar-refractivity contribution in [2.24, 2.45) is 28.8 Å². The Morgan fingerprint density at radius 1 is 0.857 bits per heavy atom. The number of hydrogen-bond donors (Lipinski definition) is 4. The Kier molecular flexibility index (Phi) is 19.2. The maximum atomic E-state index is 14.5. The molecule has 2 unspecified atom stereocenters. The van der Waals surface area contributed by atoms with Gasteiger partial charge in [-0.05, 0) is 87.0 Å². The molecule has 1 aromatic carbocycles. The van der Waals surface area contributed by atoms with Crippen molar-refractivity contribution in [2.75, 3.05) is 41.5 Å². The highest BCUT2D eigenvalue weighted by Crippen LogP contribution is 2.42. The van der Waals surface area contributed by atoms with Crippen molar-refractivity contribution in [2.45, 2.75) is 186 Å². The van der Waals surface area contributed by atoms with Crippen molar-refractivity contribution in [3.63, 3.8) is 0 Å². The van der Waals surface area contributed by atoms with Gasteiger partial charge in [-0.1, -0.05) is 51.0 Å². The fourth-order valence-electron chi connectivity index (χ4n) is 9.72. The number of benzene rings is 1. The van der Waals surface area contributed by atoms with Crippen LogP contribution in [-0.4, -0.2) is 163 Å². The van der Waals surface area contributed by atoms with Gasteiger partial charge in [0.15, 0.2) is 12.6 Å². The fourth-order valence-corrected chi connectivity index (χ4v) is 9.72. The Morgan fingerprint density at radius 3 is 2.11 bits per heavy atom. The third-order valence-corrected chi connectivity index (χ3v) is 13.9. The lowest BCUT2D eigenvalue weighted by Crippen LogP contribution is -2.61. The quantitative estimate of drug-likeness (QED) is 0.114.